The molecule has 3 aromatic rings. The molecule has 1 aromatic heterocycles. The van der Waals surface area contributed by atoms with Crippen LogP contribution in [0.1, 0.15) is 57.6 Å². The number of rotatable bonds is 7. The highest BCUT2D eigenvalue weighted by atomic mass is 19.1. The van der Waals surface area contributed by atoms with Gasteiger partial charge in [-0.3, -0.25) is 14.8 Å². The Bertz CT molecular complexity index is 1240. The second-order valence-electron chi connectivity index (χ2n) is 9.50. The van der Waals surface area contributed by atoms with Crippen LogP contribution >= 0.6 is 0 Å². The van der Waals surface area contributed by atoms with Gasteiger partial charge >= 0.3 is 0 Å². The molecule has 0 bridgehead atoms. The SMILES string of the molecule is Cc1cc(C2=NCc3ccc(C(=O)C[C@@H]4CCCN(CCc5ccccc5F)C4)cc32)ccn1. The van der Waals surface area contributed by atoms with Gasteiger partial charge in [0.05, 0.1) is 12.3 Å². The van der Waals surface area contributed by atoms with E-state index in [9.17, 15) is 9.18 Å². The maximum absolute atomic E-state index is 14.0. The van der Waals surface area contributed by atoms with Crippen LogP contribution in [0.3, 0.4) is 0 Å². The van der Waals surface area contributed by atoms with E-state index in [1.54, 1.807) is 12.3 Å². The fraction of sp³-hybridized carbons (Fsp3) is 0.345. The summed E-state index contributed by atoms with van der Waals surface area (Å²) in [7, 11) is 0. The van der Waals surface area contributed by atoms with Gasteiger partial charge in [0.25, 0.3) is 0 Å². The molecule has 174 valence electrons. The van der Waals surface area contributed by atoms with E-state index in [0.29, 0.717) is 25.3 Å². The number of carbonyl (C=O) groups is 1. The molecule has 0 N–H and O–H groups in total. The van der Waals surface area contributed by atoms with Gasteiger partial charge in [-0.15, -0.1) is 0 Å². The molecule has 0 radical (unpaired) electrons. The first-order valence-corrected chi connectivity index (χ1v) is 12.2. The first-order chi connectivity index (χ1) is 16.6. The van der Waals surface area contributed by atoms with Crippen molar-refractivity contribution in [1.29, 1.82) is 0 Å². The van der Waals surface area contributed by atoms with E-state index < -0.39 is 0 Å². The van der Waals surface area contributed by atoms with E-state index in [1.807, 2.05) is 43.3 Å². The lowest BCUT2D eigenvalue weighted by Gasteiger charge is -2.32. The van der Waals surface area contributed by atoms with Gasteiger partial charge in [-0.1, -0.05) is 30.3 Å². The summed E-state index contributed by atoms with van der Waals surface area (Å²) in [5, 5.41) is 0. The number of ketones is 1. The molecule has 4 nitrogen and oxygen atoms in total. The third-order valence-corrected chi connectivity index (χ3v) is 7.00. The molecule has 2 aromatic carbocycles. The molecule has 0 spiro atoms. The number of hydrogen-bond acceptors (Lipinski definition) is 4. The van der Waals surface area contributed by atoms with Gasteiger partial charge in [0, 0.05) is 48.1 Å². The highest BCUT2D eigenvalue weighted by Gasteiger charge is 2.24. The predicted molar refractivity (Wildman–Crippen MR) is 133 cm³/mol. The van der Waals surface area contributed by atoms with Crippen LogP contribution in [-0.2, 0) is 13.0 Å². The van der Waals surface area contributed by atoms with Crippen molar-refractivity contribution in [1.82, 2.24) is 9.88 Å². The number of Topliss-reactive ketones (excluding diaryl/α,β-unsaturated/α-hetero) is 1. The summed E-state index contributed by atoms with van der Waals surface area (Å²) in [6.45, 7) is 5.37. The summed E-state index contributed by atoms with van der Waals surface area (Å²) in [5.74, 6) is 0.403. The number of nitrogens with zero attached hydrogens (tertiary/aromatic N) is 3. The zero-order chi connectivity index (χ0) is 23.5. The predicted octanol–water partition coefficient (Wildman–Crippen LogP) is 5.41. The molecule has 1 atom stereocenters. The Balaban J connectivity index is 1.23. The van der Waals surface area contributed by atoms with Gasteiger partial charge in [0.15, 0.2) is 5.78 Å². The van der Waals surface area contributed by atoms with Crippen molar-refractivity contribution in [2.45, 2.75) is 39.2 Å². The van der Waals surface area contributed by atoms with E-state index in [1.165, 1.54) is 6.07 Å². The van der Waals surface area contributed by atoms with E-state index in [-0.39, 0.29) is 11.6 Å². The molecule has 0 saturated carbocycles. The van der Waals surface area contributed by atoms with Gasteiger partial charge in [0.1, 0.15) is 5.82 Å². The fourth-order valence-corrected chi connectivity index (χ4v) is 5.18. The Morgan fingerprint density at radius 3 is 2.88 bits per heavy atom. The second kappa shape index (κ2) is 9.98. The number of carbonyl (C=O) groups excluding carboxylic acids is 1. The summed E-state index contributed by atoms with van der Waals surface area (Å²) >= 11 is 0. The number of aromatic nitrogens is 1. The van der Waals surface area contributed by atoms with E-state index in [4.69, 9.17) is 4.99 Å². The number of hydrogen-bond donors (Lipinski definition) is 0. The summed E-state index contributed by atoms with van der Waals surface area (Å²) in [6.07, 6.45) is 5.21. The standard InChI is InChI=1S/C29H30FN3O/c1-20-15-24(10-12-31-20)29-26-17-23(8-9-25(26)18-32-29)28(34)16-21-5-4-13-33(19-21)14-11-22-6-2-3-7-27(22)30/h2-3,6-10,12,15,17,21H,4-5,11,13-14,16,18-19H2,1H3/t21-/m0/s1. The van der Waals surface area contributed by atoms with Crippen molar-refractivity contribution in [3.8, 4) is 0 Å². The van der Waals surface area contributed by atoms with E-state index in [2.05, 4.69) is 16.0 Å². The number of benzene rings is 2. The molecule has 2 aliphatic rings. The topological polar surface area (TPSA) is 45.6 Å². The highest BCUT2D eigenvalue weighted by molar-refractivity contribution is 6.16. The third kappa shape index (κ3) is 5.00. The number of halogens is 1. The highest BCUT2D eigenvalue weighted by Crippen LogP contribution is 2.27. The number of piperidine rings is 1. The van der Waals surface area contributed by atoms with Crippen LogP contribution in [0.5, 0.6) is 0 Å². The zero-order valence-corrected chi connectivity index (χ0v) is 19.6. The number of aliphatic imine (C=N–C) groups is 1. The molecule has 5 heteroatoms. The van der Waals surface area contributed by atoms with Crippen LogP contribution in [0.4, 0.5) is 4.39 Å². The quantitative estimate of drug-likeness (QED) is 0.448. The lowest BCUT2D eigenvalue weighted by atomic mass is 9.89. The van der Waals surface area contributed by atoms with Crippen molar-refractivity contribution in [3.63, 3.8) is 0 Å². The minimum atomic E-state index is -0.132. The van der Waals surface area contributed by atoms with E-state index >= 15 is 0 Å². The molecular formula is C29H30FN3O. The monoisotopic (exact) mass is 455 g/mol. The Morgan fingerprint density at radius 1 is 1.15 bits per heavy atom. The fourth-order valence-electron chi connectivity index (χ4n) is 5.18. The Morgan fingerprint density at radius 2 is 2.03 bits per heavy atom. The Kier molecular flexibility index (Phi) is 6.63. The van der Waals surface area contributed by atoms with Crippen LogP contribution in [0.25, 0.3) is 0 Å². The molecule has 0 amide bonds. The van der Waals surface area contributed by atoms with Gasteiger partial charge < -0.3 is 4.90 Å². The van der Waals surface area contributed by atoms with Crippen molar-refractivity contribution >= 4 is 11.5 Å². The third-order valence-electron chi connectivity index (χ3n) is 7.00. The van der Waals surface area contributed by atoms with Gasteiger partial charge in [-0.05, 0) is 74.0 Å². The van der Waals surface area contributed by atoms with Gasteiger partial charge in [0.2, 0.25) is 0 Å². The van der Waals surface area contributed by atoms with Crippen LogP contribution in [0.15, 0.2) is 65.8 Å². The lowest BCUT2D eigenvalue weighted by molar-refractivity contribution is 0.0918. The number of likely N-dealkylation sites (tertiary alicyclic amines) is 1. The minimum Gasteiger partial charge on any atom is -0.303 e. The van der Waals surface area contributed by atoms with Gasteiger partial charge in [-0.2, -0.15) is 0 Å². The lowest BCUT2D eigenvalue weighted by Crippen LogP contribution is -2.37. The van der Waals surface area contributed by atoms with Crippen LogP contribution in [-0.4, -0.2) is 41.0 Å². The minimum absolute atomic E-state index is 0.132. The summed E-state index contributed by atoms with van der Waals surface area (Å²) < 4.78 is 14.0. The average Bonchev–Trinajstić information content (AvgIpc) is 3.27. The molecule has 1 saturated heterocycles. The van der Waals surface area contributed by atoms with E-state index in [0.717, 1.165) is 71.7 Å². The second-order valence-corrected chi connectivity index (χ2v) is 9.50. The summed E-state index contributed by atoms with van der Waals surface area (Å²) in [4.78, 5) is 24.6. The molecule has 2 aliphatic heterocycles. The Hall–Kier alpha value is -3.18. The largest absolute Gasteiger partial charge is 0.303 e. The van der Waals surface area contributed by atoms with Crippen molar-refractivity contribution in [2.24, 2.45) is 10.9 Å². The normalized spacial score (nSPS) is 17.9. The first kappa shape index (κ1) is 22.6. The Labute approximate surface area is 200 Å². The van der Waals surface area contributed by atoms with Crippen molar-refractivity contribution < 1.29 is 9.18 Å². The maximum Gasteiger partial charge on any atom is 0.163 e. The number of pyridine rings is 1. The summed E-state index contributed by atoms with van der Waals surface area (Å²) in [5.41, 5.74) is 6.71. The molecular weight excluding hydrogens is 425 g/mol. The molecule has 0 aliphatic carbocycles. The zero-order valence-electron chi connectivity index (χ0n) is 19.6. The molecule has 0 unspecified atom stereocenters. The van der Waals surface area contributed by atoms with Crippen molar-refractivity contribution in [3.05, 3.63) is 100 Å². The smallest absolute Gasteiger partial charge is 0.163 e. The van der Waals surface area contributed by atoms with Crippen LogP contribution in [0, 0.1) is 18.7 Å². The van der Waals surface area contributed by atoms with Crippen LogP contribution < -0.4 is 0 Å². The first-order valence-electron chi connectivity index (χ1n) is 12.2. The molecule has 1 fully saturated rings. The van der Waals surface area contributed by atoms with Crippen LogP contribution in [0.2, 0.25) is 0 Å². The molecule has 5 rings (SSSR count). The maximum atomic E-state index is 14.0. The summed E-state index contributed by atoms with van der Waals surface area (Å²) in [6, 6.07) is 17.1. The molecule has 34 heavy (non-hydrogen) atoms. The van der Waals surface area contributed by atoms with Gasteiger partial charge in [-0.25, -0.2) is 4.39 Å². The number of aryl methyl sites for hydroxylation is 1. The molecule has 3 heterocycles. The van der Waals surface area contributed by atoms with Crippen molar-refractivity contribution in [2.75, 3.05) is 19.6 Å². The average molecular weight is 456 g/mol. The number of fused-ring (bicyclic) bond motifs is 1.